The van der Waals surface area contributed by atoms with E-state index in [4.69, 9.17) is 16.9 Å². The zero-order valence-corrected chi connectivity index (χ0v) is 10.7. The lowest BCUT2D eigenvalue weighted by molar-refractivity contribution is 0.445. The highest BCUT2D eigenvalue weighted by atomic mass is 35.5. The van der Waals surface area contributed by atoms with Crippen molar-refractivity contribution in [3.8, 4) is 6.07 Å². The predicted molar refractivity (Wildman–Crippen MR) is 70.5 cm³/mol. The molecule has 2 rings (SSSR count). The minimum Gasteiger partial charge on any atom is -0.370 e. The standard InChI is InChI=1S/C13H16ClN3/c1-17(12-3-2-6-16-9-12)11-5-4-10(8-15)13(14)7-11/h4-5,7,12,16H,2-3,6,9H2,1H3. The molecule has 90 valence electrons. The maximum atomic E-state index is 8.84. The molecule has 1 saturated heterocycles. The SMILES string of the molecule is CN(c1ccc(C#N)c(Cl)c1)C1CCCNC1. The summed E-state index contributed by atoms with van der Waals surface area (Å²) in [6, 6.07) is 8.19. The fraction of sp³-hybridized carbons (Fsp3) is 0.462. The summed E-state index contributed by atoms with van der Waals surface area (Å²) in [6.45, 7) is 2.12. The van der Waals surface area contributed by atoms with Crippen molar-refractivity contribution in [2.75, 3.05) is 25.0 Å². The lowest BCUT2D eigenvalue weighted by Gasteiger charge is -2.33. The van der Waals surface area contributed by atoms with Crippen LogP contribution in [0.5, 0.6) is 0 Å². The molecule has 1 unspecified atom stereocenters. The van der Waals surface area contributed by atoms with Gasteiger partial charge in [-0.3, -0.25) is 0 Å². The second-order valence-corrected chi connectivity index (χ2v) is 4.79. The van der Waals surface area contributed by atoms with E-state index in [1.165, 1.54) is 12.8 Å². The van der Waals surface area contributed by atoms with Gasteiger partial charge in [0.05, 0.1) is 10.6 Å². The minimum atomic E-state index is 0.507. The van der Waals surface area contributed by atoms with Crippen molar-refractivity contribution in [3.63, 3.8) is 0 Å². The summed E-state index contributed by atoms with van der Waals surface area (Å²) in [4.78, 5) is 2.24. The smallest absolute Gasteiger partial charge is 0.101 e. The van der Waals surface area contributed by atoms with Crippen molar-refractivity contribution in [1.82, 2.24) is 5.32 Å². The molecule has 1 aliphatic rings. The molecule has 1 heterocycles. The highest BCUT2D eigenvalue weighted by Crippen LogP contribution is 2.25. The molecule has 1 N–H and O–H groups in total. The third-order valence-corrected chi connectivity index (χ3v) is 3.61. The summed E-state index contributed by atoms with van der Waals surface area (Å²) in [7, 11) is 2.08. The van der Waals surface area contributed by atoms with Crippen LogP contribution in [-0.2, 0) is 0 Å². The number of anilines is 1. The number of halogens is 1. The van der Waals surface area contributed by atoms with Crippen LogP contribution in [0, 0.1) is 11.3 Å². The first-order chi connectivity index (χ1) is 8.22. The summed E-state index contributed by atoms with van der Waals surface area (Å²) in [5.74, 6) is 0. The lowest BCUT2D eigenvalue weighted by Crippen LogP contribution is -2.44. The Bertz CT molecular complexity index is 433. The third kappa shape index (κ3) is 2.71. The van der Waals surface area contributed by atoms with Gasteiger partial charge in [0.25, 0.3) is 0 Å². The van der Waals surface area contributed by atoms with Crippen LogP contribution in [0.15, 0.2) is 18.2 Å². The van der Waals surface area contributed by atoms with Crippen LogP contribution in [0.25, 0.3) is 0 Å². The van der Waals surface area contributed by atoms with E-state index >= 15 is 0 Å². The van der Waals surface area contributed by atoms with Crippen molar-refractivity contribution in [2.45, 2.75) is 18.9 Å². The zero-order chi connectivity index (χ0) is 12.3. The highest BCUT2D eigenvalue weighted by Gasteiger charge is 2.18. The van der Waals surface area contributed by atoms with Gasteiger partial charge in [-0.15, -0.1) is 0 Å². The Morgan fingerprint density at radius 2 is 2.35 bits per heavy atom. The number of nitriles is 1. The fourth-order valence-electron chi connectivity index (χ4n) is 2.19. The molecule has 3 nitrogen and oxygen atoms in total. The van der Waals surface area contributed by atoms with Gasteiger partial charge in [0.15, 0.2) is 0 Å². The van der Waals surface area contributed by atoms with Crippen LogP contribution in [0.3, 0.4) is 0 Å². The second-order valence-electron chi connectivity index (χ2n) is 4.39. The summed E-state index contributed by atoms with van der Waals surface area (Å²) >= 11 is 6.05. The van der Waals surface area contributed by atoms with Gasteiger partial charge in [-0.2, -0.15) is 5.26 Å². The number of benzene rings is 1. The van der Waals surface area contributed by atoms with E-state index < -0.39 is 0 Å². The average Bonchev–Trinajstić information content (AvgIpc) is 2.39. The Kier molecular flexibility index (Phi) is 3.88. The van der Waals surface area contributed by atoms with Crippen LogP contribution >= 0.6 is 11.6 Å². The van der Waals surface area contributed by atoms with Crippen molar-refractivity contribution in [1.29, 1.82) is 5.26 Å². The number of nitrogens with one attached hydrogen (secondary N) is 1. The first-order valence-electron chi connectivity index (χ1n) is 5.85. The topological polar surface area (TPSA) is 39.1 Å². The zero-order valence-electron chi connectivity index (χ0n) is 9.91. The molecule has 1 atom stereocenters. The van der Waals surface area contributed by atoms with Gasteiger partial charge in [0, 0.05) is 25.3 Å². The lowest BCUT2D eigenvalue weighted by atomic mass is 10.1. The molecule has 0 radical (unpaired) electrons. The molecule has 0 aromatic heterocycles. The van der Waals surface area contributed by atoms with Gasteiger partial charge in [-0.05, 0) is 37.6 Å². The molecule has 1 aliphatic heterocycles. The van der Waals surface area contributed by atoms with E-state index in [1.807, 2.05) is 12.1 Å². The van der Waals surface area contributed by atoms with Crippen LogP contribution in [-0.4, -0.2) is 26.2 Å². The number of nitrogens with zero attached hydrogens (tertiary/aromatic N) is 2. The molecular formula is C13H16ClN3. The van der Waals surface area contributed by atoms with Gasteiger partial charge in [-0.1, -0.05) is 11.6 Å². The molecule has 0 amide bonds. The van der Waals surface area contributed by atoms with Crippen molar-refractivity contribution in [3.05, 3.63) is 28.8 Å². The first-order valence-corrected chi connectivity index (χ1v) is 6.23. The second kappa shape index (κ2) is 5.39. The van der Waals surface area contributed by atoms with E-state index in [9.17, 15) is 0 Å². The molecule has 0 aliphatic carbocycles. The molecule has 0 bridgehead atoms. The van der Waals surface area contributed by atoms with Crippen molar-refractivity contribution in [2.24, 2.45) is 0 Å². The Hall–Kier alpha value is -1.24. The average molecular weight is 250 g/mol. The summed E-state index contributed by atoms with van der Waals surface area (Å²) in [5, 5.41) is 12.8. The van der Waals surface area contributed by atoms with Gasteiger partial charge in [0.2, 0.25) is 0 Å². The monoisotopic (exact) mass is 249 g/mol. The number of hydrogen-bond donors (Lipinski definition) is 1. The van der Waals surface area contributed by atoms with Gasteiger partial charge < -0.3 is 10.2 Å². The number of rotatable bonds is 2. The third-order valence-electron chi connectivity index (χ3n) is 3.30. The molecule has 0 spiro atoms. The van der Waals surface area contributed by atoms with E-state index in [-0.39, 0.29) is 0 Å². The minimum absolute atomic E-state index is 0.507. The molecular weight excluding hydrogens is 234 g/mol. The summed E-state index contributed by atoms with van der Waals surface area (Å²) < 4.78 is 0. The fourth-order valence-corrected chi connectivity index (χ4v) is 2.41. The summed E-state index contributed by atoms with van der Waals surface area (Å²) in [5.41, 5.74) is 1.60. The first kappa shape index (κ1) is 12.2. The largest absolute Gasteiger partial charge is 0.370 e. The van der Waals surface area contributed by atoms with E-state index in [2.05, 4.69) is 23.3 Å². The van der Waals surface area contributed by atoms with E-state index in [1.54, 1.807) is 6.07 Å². The van der Waals surface area contributed by atoms with Gasteiger partial charge in [-0.25, -0.2) is 0 Å². The number of piperidine rings is 1. The van der Waals surface area contributed by atoms with Gasteiger partial charge in [0.1, 0.15) is 6.07 Å². The highest BCUT2D eigenvalue weighted by molar-refractivity contribution is 6.32. The Morgan fingerprint density at radius 3 is 2.94 bits per heavy atom. The maximum absolute atomic E-state index is 8.84. The Labute approximate surface area is 107 Å². The van der Waals surface area contributed by atoms with Crippen LogP contribution < -0.4 is 10.2 Å². The van der Waals surface area contributed by atoms with Gasteiger partial charge >= 0.3 is 0 Å². The Morgan fingerprint density at radius 1 is 1.53 bits per heavy atom. The maximum Gasteiger partial charge on any atom is 0.101 e. The van der Waals surface area contributed by atoms with E-state index in [0.29, 0.717) is 16.6 Å². The molecule has 1 fully saturated rings. The number of likely N-dealkylation sites (N-methyl/N-ethyl adjacent to an activating group) is 1. The normalized spacial score (nSPS) is 19.7. The summed E-state index contributed by atoms with van der Waals surface area (Å²) in [6.07, 6.45) is 2.40. The van der Waals surface area contributed by atoms with Crippen LogP contribution in [0.2, 0.25) is 5.02 Å². The predicted octanol–water partition coefficient (Wildman–Crippen LogP) is 2.40. The Balaban J connectivity index is 2.16. The van der Waals surface area contributed by atoms with Crippen LogP contribution in [0.4, 0.5) is 5.69 Å². The van der Waals surface area contributed by atoms with Crippen molar-refractivity contribution < 1.29 is 0 Å². The molecule has 1 aromatic rings. The quantitative estimate of drug-likeness (QED) is 0.875. The molecule has 0 saturated carbocycles. The molecule has 4 heteroatoms. The van der Waals surface area contributed by atoms with Crippen molar-refractivity contribution >= 4 is 17.3 Å². The van der Waals surface area contributed by atoms with E-state index in [0.717, 1.165) is 18.8 Å². The number of hydrogen-bond acceptors (Lipinski definition) is 3. The molecule has 17 heavy (non-hydrogen) atoms. The van der Waals surface area contributed by atoms with Crippen LogP contribution in [0.1, 0.15) is 18.4 Å². The molecule has 1 aromatic carbocycles.